The summed E-state index contributed by atoms with van der Waals surface area (Å²) < 4.78 is 1.05. The standard InChI is InChI=1S/C15H13BrClNOS/c16-12-4-1-3-11(7-12)9-20-10-15(19)18-14-6-2-5-13(17)8-14/h1-8H,9-10H2,(H,18,19). The van der Waals surface area contributed by atoms with E-state index in [1.165, 1.54) is 5.56 Å². The minimum atomic E-state index is -0.0211. The van der Waals surface area contributed by atoms with Crippen LogP contribution in [0, 0.1) is 0 Å². The number of rotatable bonds is 5. The first kappa shape index (κ1) is 15.4. The van der Waals surface area contributed by atoms with E-state index in [0.29, 0.717) is 10.8 Å². The molecule has 0 atom stereocenters. The fourth-order valence-electron chi connectivity index (χ4n) is 1.65. The molecule has 0 aliphatic heterocycles. The summed E-state index contributed by atoms with van der Waals surface area (Å²) in [6.45, 7) is 0. The van der Waals surface area contributed by atoms with Gasteiger partial charge in [0.15, 0.2) is 0 Å². The Morgan fingerprint density at radius 1 is 1.20 bits per heavy atom. The van der Waals surface area contributed by atoms with Gasteiger partial charge >= 0.3 is 0 Å². The minimum absolute atomic E-state index is 0.0211. The molecule has 0 spiro atoms. The fraction of sp³-hybridized carbons (Fsp3) is 0.133. The average Bonchev–Trinajstić information content (AvgIpc) is 2.38. The molecule has 0 aliphatic carbocycles. The Hall–Kier alpha value is -0.970. The summed E-state index contributed by atoms with van der Waals surface area (Å²) in [6, 6.07) is 15.2. The molecule has 0 aliphatic rings. The predicted octanol–water partition coefficient (Wildman–Crippen LogP) is 4.97. The van der Waals surface area contributed by atoms with Gasteiger partial charge in [-0.15, -0.1) is 11.8 Å². The Morgan fingerprint density at radius 2 is 2.00 bits per heavy atom. The van der Waals surface area contributed by atoms with E-state index in [1.807, 2.05) is 30.3 Å². The van der Waals surface area contributed by atoms with Crippen molar-refractivity contribution >= 4 is 50.9 Å². The highest BCUT2D eigenvalue weighted by molar-refractivity contribution is 9.10. The van der Waals surface area contributed by atoms with Gasteiger partial charge in [0.1, 0.15) is 0 Å². The van der Waals surface area contributed by atoms with E-state index in [-0.39, 0.29) is 5.91 Å². The molecular weight excluding hydrogens is 358 g/mol. The van der Waals surface area contributed by atoms with Crippen LogP contribution in [0.5, 0.6) is 0 Å². The lowest BCUT2D eigenvalue weighted by atomic mass is 10.2. The van der Waals surface area contributed by atoms with Crippen LogP contribution in [-0.2, 0) is 10.5 Å². The fourth-order valence-corrected chi connectivity index (χ4v) is 3.06. The van der Waals surface area contributed by atoms with Gasteiger partial charge < -0.3 is 5.32 Å². The Balaban J connectivity index is 1.78. The van der Waals surface area contributed by atoms with Crippen molar-refractivity contribution in [2.24, 2.45) is 0 Å². The Labute approximate surface area is 136 Å². The highest BCUT2D eigenvalue weighted by atomic mass is 79.9. The SMILES string of the molecule is O=C(CSCc1cccc(Br)c1)Nc1cccc(Cl)c1. The van der Waals surface area contributed by atoms with Crippen LogP contribution in [0.2, 0.25) is 5.02 Å². The molecular formula is C15H13BrClNOS. The van der Waals surface area contributed by atoms with Gasteiger partial charge in [-0.2, -0.15) is 0 Å². The van der Waals surface area contributed by atoms with Crippen molar-refractivity contribution in [2.75, 3.05) is 11.1 Å². The zero-order chi connectivity index (χ0) is 14.4. The molecule has 0 bridgehead atoms. The predicted molar refractivity (Wildman–Crippen MR) is 90.4 cm³/mol. The van der Waals surface area contributed by atoms with Crippen LogP contribution in [0.4, 0.5) is 5.69 Å². The second kappa shape index (κ2) is 7.72. The third-order valence-electron chi connectivity index (χ3n) is 2.50. The molecule has 0 fully saturated rings. The van der Waals surface area contributed by atoms with Crippen LogP contribution in [-0.4, -0.2) is 11.7 Å². The molecule has 0 heterocycles. The maximum absolute atomic E-state index is 11.8. The van der Waals surface area contributed by atoms with E-state index in [0.717, 1.165) is 15.9 Å². The number of halogens is 2. The molecule has 0 aromatic heterocycles. The molecule has 2 nitrogen and oxygen atoms in total. The monoisotopic (exact) mass is 369 g/mol. The third-order valence-corrected chi connectivity index (χ3v) is 4.23. The quantitative estimate of drug-likeness (QED) is 0.804. The summed E-state index contributed by atoms with van der Waals surface area (Å²) in [4.78, 5) is 11.8. The molecule has 20 heavy (non-hydrogen) atoms. The summed E-state index contributed by atoms with van der Waals surface area (Å²) in [6.07, 6.45) is 0. The van der Waals surface area contributed by atoms with Gasteiger partial charge in [-0.05, 0) is 35.9 Å². The maximum atomic E-state index is 11.8. The molecule has 5 heteroatoms. The van der Waals surface area contributed by atoms with Gasteiger partial charge in [0, 0.05) is 20.9 Å². The molecule has 0 unspecified atom stereocenters. The van der Waals surface area contributed by atoms with Crippen LogP contribution in [0.1, 0.15) is 5.56 Å². The number of benzene rings is 2. The number of carbonyl (C=O) groups is 1. The van der Waals surface area contributed by atoms with Crippen molar-refractivity contribution in [2.45, 2.75) is 5.75 Å². The van der Waals surface area contributed by atoms with E-state index in [2.05, 4.69) is 27.3 Å². The lowest BCUT2D eigenvalue weighted by Crippen LogP contribution is -2.14. The number of nitrogens with one attached hydrogen (secondary N) is 1. The normalized spacial score (nSPS) is 10.3. The van der Waals surface area contributed by atoms with Crippen LogP contribution in [0.15, 0.2) is 53.0 Å². The van der Waals surface area contributed by atoms with Crippen LogP contribution < -0.4 is 5.32 Å². The van der Waals surface area contributed by atoms with Gasteiger partial charge in [-0.25, -0.2) is 0 Å². The van der Waals surface area contributed by atoms with E-state index >= 15 is 0 Å². The summed E-state index contributed by atoms with van der Waals surface area (Å²) in [5.74, 6) is 1.20. The first-order valence-corrected chi connectivity index (χ1v) is 8.33. The van der Waals surface area contributed by atoms with Crippen LogP contribution >= 0.6 is 39.3 Å². The maximum Gasteiger partial charge on any atom is 0.234 e. The molecule has 104 valence electrons. The number of amides is 1. The summed E-state index contributed by atoms with van der Waals surface area (Å²) in [5.41, 5.74) is 1.92. The molecule has 1 amide bonds. The summed E-state index contributed by atoms with van der Waals surface area (Å²) >= 11 is 10.9. The van der Waals surface area contributed by atoms with Gasteiger partial charge in [-0.1, -0.05) is 45.7 Å². The van der Waals surface area contributed by atoms with Gasteiger partial charge in [0.05, 0.1) is 5.75 Å². The van der Waals surface area contributed by atoms with Crippen molar-refractivity contribution < 1.29 is 4.79 Å². The highest BCUT2D eigenvalue weighted by Gasteiger charge is 2.03. The highest BCUT2D eigenvalue weighted by Crippen LogP contribution is 2.18. The van der Waals surface area contributed by atoms with Crippen LogP contribution in [0.3, 0.4) is 0 Å². The zero-order valence-electron chi connectivity index (χ0n) is 10.6. The van der Waals surface area contributed by atoms with Crippen LogP contribution in [0.25, 0.3) is 0 Å². The van der Waals surface area contributed by atoms with Crippen molar-refractivity contribution in [3.63, 3.8) is 0 Å². The largest absolute Gasteiger partial charge is 0.325 e. The van der Waals surface area contributed by atoms with Gasteiger partial charge in [0.2, 0.25) is 5.91 Å². The van der Waals surface area contributed by atoms with Crippen molar-refractivity contribution in [1.82, 2.24) is 0 Å². The lowest BCUT2D eigenvalue weighted by molar-refractivity contribution is -0.113. The van der Waals surface area contributed by atoms with E-state index in [1.54, 1.807) is 23.9 Å². The molecule has 2 aromatic carbocycles. The minimum Gasteiger partial charge on any atom is -0.325 e. The Bertz CT molecular complexity index is 606. The first-order valence-electron chi connectivity index (χ1n) is 6.01. The van der Waals surface area contributed by atoms with Crippen molar-refractivity contribution in [3.05, 3.63) is 63.6 Å². The topological polar surface area (TPSA) is 29.1 Å². The Morgan fingerprint density at radius 3 is 2.75 bits per heavy atom. The van der Waals surface area contributed by atoms with Crippen molar-refractivity contribution in [3.8, 4) is 0 Å². The van der Waals surface area contributed by atoms with E-state index in [9.17, 15) is 4.79 Å². The smallest absolute Gasteiger partial charge is 0.234 e. The lowest BCUT2D eigenvalue weighted by Gasteiger charge is -2.06. The number of thioether (sulfide) groups is 1. The second-order valence-corrected chi connectivity index (χ2v) is 6.52. The summed E-state index contributed by atoms with van der Waals surface area (Å²) in [7, 11) is 0. The molecule has 0 radical (unpaired) electrons. The molecule has 0 saturated heterocycles. The van der Waals surface area contributed by atoms with E-state index in [4.69, 9.17) is 11.6 Å². The zero-order valence-corrected chi connectivity index (χ0v) is 13.8. The molecule has 2 rings (SSSR count). The first-order chi connectivity index (χ1) is 9.63. The number of carbonyl (C=O) groups excluding carboxylic acids is 1. The summed E-state index contributed by atoms with van der Waals surface area (Å²) in [5, 5.41) is 3.44. The molecule has 0 saturated carbocycles. The number of anilines is 1. The van der Waals surface area contributed by atoms with Gasteiger partial charge in [0.25, 0.3) is 0 Å². The Kier molecular flexibility index (Phi) is 5.95. The molecule has 2 aromatic rings. The average molecular weight is 371 g/mol. The van der Waals surface area contributed by atoms with Gasteiger partial charge in [-0.3, -0.25) is 4.79 Å². The van der Waals surface area contributed by atoms with E-state index < -0.39 is 0 Å². The third kappa shape index (κ3) is 5.19. The number of hydrogen-bond donors (Lipinski definition) is 1. The molecule has 1 N–H and O–H groups in total. The number of hydrogen-bond acceptors (Lipinski definition) is 2. The van der Waals surface area contributed by atoms with Crippen molar-refractivity contribution in [1.29, 1.82) is 0 Å². The second-order valence-electron chi connectivity index (χ2n) is 4.18.